The molecule has 1 aliphatic carbocycles. The van der Waals surface area contributed by atoms with Crippen LogP contribution in [-0.2, 0) is 29.9 Å². The van der Waals surface area contributed by atoms with Crippen molar-refractivity contribution in [3.05, 3.63) is 47.5 Å². The fourth-order valence-electron chi connectivity index (χ4n) is 3.51. The Morgan fingerprint density at radius 1 is 0.792 bits per heavy atom. The molecule has 2 rings (SSSR count). The standard InChI is InChI=1S/C20H26O4/c1-5-19(17(21)23-7-3)13-14-20(6-2,18(22)24-8-4)16-12-10-9-11-15(16)19/h9-14H,5-8H2,1-4H3. The van der Waals surface area contributed by atoms with Crippen molar-refractivity contribution in [3.8, 4) is 0 Å². The summed E-state index contributed by atoms with van der Waals surface area (Å²) < 4.78 is 10.7. The van der Waals surface area contributed by atoms with Gasteiger partial charge in [-0.3, -0.25) is 9.59 Å². The SMILES string of the molecule is CCOC(=O)C1(CC)C=CC(CC)(C(=O)OCC)c2ccccc21. The van der Waals surface area contributed by atoms with Crippen molar-refractivity contribution in [1.29, 1.82) is 0 Å². The van der Waals surface area contributed by atoms with E-state index in [1.165, 1.54) is 0 Å². The first-order chi connectivity index (χ1) is 11.5. The van der Waals surface area contributed by atoms with E-state index in [0.29, 0.717) is 26.1 Å². The molecule has 130 valence electrons. The maximum atomic E-state index is 12.7. The fourth-order valence-corrected chi connectivity index (χ4v) is 3.51. The van der Waals surface area contributed by atoms with Gasteiger partial charge >= 0.3 is 11.9 Å². The zero-order chi connectivity index (χ0) is 17.8. The van der Waals surface area contributed by atoms with E-state index >= 15 is 0 Å². The maximum absolute atomic E-state index is 12.7. The number of hydrogen-bond acceptors (Lipinski definition) is 4. The van der Waals surface area contributed by atoms with Crippen LogP contribution in [0.15, 0.2) is 36.4 Å². The highest BCUT2D eigenvalue weighted by Crippen LogP contribution is 2.46. The number of hydrogen-bond donors (Lipinski definition) is 0. The van der Waals surface area contributed by atoms with Gasteiger partial charge in [0.1, 0.15) is 10.8 Å². The molecule has 0 fully saturated rings. The molecule has 0 spiro atoms. The molecular formula is C20H26O4. The van der Waals surface area contributed by atoms with Gasteiger partial charge in [-0.15, -0.1) is 0 Å². The van der Waals surface area contributed by atoms with Crippen LogP contribution in [0, 0.1) is 0 Å². The summed E-state index contributed by atoms with van der Waals surface area (Å²) in [7, 11) is 0. The lowest BCUT2D eigenvalue weighted by molar-refractivity contribution is -0.151. The predicted octanol–water partition coefficient (Wildman–Crippen LogP) is 3.68. The Hall–Kier alpha value is -2.10. The van der Waals surface area contributed by atoms with Crippen molar-refractivity contribution >= 4 is 11.9 Å². The molecule has 4 nitrogen and oxygen atoms in total. The van der Waals surface area contributed by atoms with Gasteiger partial charge in [0.15, 0.2) is 0 Å². The van der Waals surface area contributed by atoms with Gasteiger partial charge in [0.25, 0.3) is 0 Å². The third-order valence-electron chi connectivity index (χ3n) is 4.94. The third kappa shape index (κ3) is 2.64. The van der Waals surface area contributed by atoms with E-state index in [2.05, 4.69) is 0 Å². The molecule has 0 saturated heterocycles. The lowest BCUT2D eigenvalue weighted by Gasteiger charge is -2.40. The van der Waals surface area contributed by atoms with Crippen molar-refractivity contribution in [2.45, 2.75) is 51.4 Å². The molecule has 1 aromatic rings. The Morgan fingerprint density at radius 2 is 1.17 bits per heavy atom. The summed E-state index contributed by atoms with van der Waals surface area (Å²) in [6.45, 7) is 8.17. The Labute approximate surface area is 143 Å². The minimum Gasteiger partial charge on any atom is -0.465 e. The Morgan fingerprint density at radius 3 is 1.46 bits per heavy atom. The number of benzene rings is 1. The van der Waals surface area contributed by atoms with Crippen molar-refractivity contribution in [2.24, 2.45) is 0 Å². The summed E-state index contributed by atoms with van der Waals surface area (Å²) in [4.78, 5) is 25.4. The van der Waals surface area contributed by atoms with Gasteiger partial charge in [-0.2, -0.15) is 0 Å². The van der Waals surface area contributed by atoms with E-state index in [4.69, 9.17) is 9.47 Å². The van der Waals surface area contributed by atoms with Crippen molar-refractivity contribution < 1.29 is 19.1 Å². The molecule has 0 radical (unpaired) electrons. The summed E-state index contributed by atoms with van der Waals surface area (Å²) in [5.41, 5.74) is -0.0260. The highest BCUT2D eigenvalue weighted by atomic mass is 16.5. The average molecular weight is 330 g/mol. The van der Waals surface area contributed by atoms with Crippen molar-refractivity contribution in [2.75, 3.05) is 13.2 Å². The number of ether oxygens (including phenoxy) is 2. The van der Waals surface area contributed by atoms with Gasteiger partial charge in [0.05, 0.1) is 13.2 Å². The predicted molar refractivity (Wildman–Crippen MR) is 92.8 cm³/mol. The molecule has 0 saturated carbocycles. The monoisotopic (exact) mass is 330 g/mol. The van der Waals surface area contributed by atoms with E-state index in [9.17, 15) is 9.59 Å². The van der Waals surface area contributed by atoms with Crippen LogP contribution in [0.1, 0.15) is 51.7 Å². The molecule has 2 atom stereocenters. The molecule has 0 heterocycles. The van der Waals surface area contributed by atoms with Crippen LogP contribution < -0.4 is 0 Å². The first-order valence-electron chi connectivity index (χ1n) is 8.67. The summed E-state index contributed by atoms with van der Waals surface area (Å²) in [5, 5.41) is 0. The van der Waals surface area contributed by atoms with E-state index in [0.717, 1.165) is 11.1 Å². The van der Waals surface area contributed by atoms with Crippen LogP contribution in [-0.4, -0.2) is 25.2 Å². The molecule has 0 bridgehead atoms. The highest BCUT2D eigenvalue weighted by Gasteiger charge is 2.50. The second kappa shape index (κ2) is 7.20. The lowest BCUT2D eigenvalue weighted by atomic mass is 9.63. The molecule has 0 amide bonds. The smallest absolute Gasteiger partial charge is 0.320 e. The van der Waals surface area contributed by atoms with Gasteiger partial charge in [0.2, 0.25) is 0 Å². The van der Waals surface area contributed by atoms with E-state index in [1.54, 1.807) is 13.8 Å². The van der Waals surface area contributed by atoms with Gasteiger partial charge in [0, 0.05) is 0 Å². The molecular weight excluding hydrogens is 304 g/mol. The van der Waals surface area contributed by atoms with Crippen LogP contribution in [0.25, 0.3) is 0 Å². The highest BCUT2D eigenvalue weighted by molar-refractivity contribution is 5.93. The second-order valence-corrected chi connectivity index (χ2v) is 5.97. The number of esters is 2. The van der Waals surface area contributed by atoms with E-state index < -0.39 is 10.8 Å². The third-order valence-corrected chi connectivity index (χ3v) is 4.94. The van der Waals surface area contributed by atoms with Crippen molar-refractivity contribution in [3.63, 3.8) is 0 Å². The average Bonchev–Trinajstić information content (AvgIpc) is 2.61. The fraction of sp³-hybridized carbons (Fsp3) is 0.500. The van der Waals surface area contributed by atoms with Gasteiger partial charge in [-0.1, -0.05) is 50.3 Å². The summed E-state index contributed by atoms with van der Waals surface area (Å²) in [6.07, 6.45) is 4.82. The number of fused-ring (bicyclic) bond motifs is 1. The first-order valence-corrected chi connectivity index (χ1v) is 8.67. The normalized spacial score (nSPS) is 25.0. The van der Waals surface area contributed by atoms with Crippen LogP contribution in [0.2, 0.25) is 0 Å². The largest absolute Gasteiger partial charge is 0.465 e. The zero-order valence-electron chi connectivity index (χ0n) is 14.9. The Bertz CT molecular complexity index is 594. The van der Waals surface area contributed by atoms with Crippen LogP contribution >= 0.6 is 0 Å². The van der Waals surface area contributed by atoms with Crippen LogP contribution in [0.5, 0.6) is 0 Å². The quantitative estimate of drug-likeness (QED) is 0.590. The van der Waals surface area contributed by atoms with Gasteiger partial charge in [-0.05, 0) is 37.8 Å². The van der Waals surface area contributed by atoms with E-state index in [-0.39, 0.29) is 11.9 Å². The maximum Gasteiger partial charge on any atom is 0.320 e. The van der Waals surface area contributed by atoms with Gasteiger partial charge < -0.3 is 9.47 Å². The Balaban J connectivity index is 2.68. The topological polar surface area (TPSA) is 52.6 Å². The zero-order valence-corrected chi connectivity index (χ0v) is 14.9. The summed E-state index contributed by atoms with van der Waals surface area (Å²) in [5.74, 6) is -0.547. The minimum absolute atomic E-state index is 0.273. The molecule has 0 aliphatic heterocycles. The number of carbonyl (C=O) groups excluding carboxylic acids is 2. The Kier molecular flexibility index (Phi) is 5.47. The van der Waals surface area contributed by atoms with Crippen LogP contribution in [0.4, 0.5) is 0 Å². The van der Waals surface area contributed by atoms with Crippen LogP contribution in [0.3, 0.4) is 0 Å². The molecule has 2 unspecified atom stereocenters. The number of rotatable bonds is 6. The summed E-state index contributed by atoms with van der Waals surface area (Å²) in [6, 6.07) is 7.63. The summed E-state index contributed by atoms with van der Waals surface area (Å²) >= 11 is 0. The van der Waals surface area contributed by atoms with Gasteiger partial charge in [-0.25, -0.2) is 0 Å². The molecule has 0 N–H and O–H groups in total. The van der Waals surface area contributed by atoms with E-state index in [1.807, 2.05) is 50.3 Å². The minimum atomic E-state index is -0.849. The molecule has 1 aromatic carbocycles. The van der Waals surface area contributed by atoms with Crippen molar-refractivity contribution in [1.82, 2.24) is 0 Å². The lowest BCUT2D eigenvalue weighted by Crippen LogP contribution is -2.45. The molecule has 4 heteroatoms. The number of carbonyl (C=O) groups is 2. The first kappa shape index (κ1) is 18.2. The molecule has 24 heavy (non-hydrogen) atoms. The molecule has 1 aliphatic rings. The molecule has 0 aromatic heterocycles. The second-order valence-electron chi connectivity index (χ2n) is 5.97.